The summed E-state index contributed by atoms with van der Waals surface area (Å²) in [6.45, 7) is 3.93. The molecule has 0 N–H and O–H groups in total. The summed E-state index contributed by atoms with van der Waals surface area (Å²) in [4.78, 5) is 11.6. The molecule has 0 aliphatic heterocycles. The smallest absolute Gasteiger partial charge is 0.310 e. The molecule has 0 amide bonds. The molecule has 0 saturated heterocycles. The van der Waals surface area contributed by atoms with Crippen LogP contribution in [0.1, 0.15) is 30.8 Å². The van der Waals surface area contributed by atoms with E-state index in [1.165, 1.54) is 13.2 Å². The highest BCUT2D eigenvalue weighted by Crippen LogP contribution is 2.22. The predicted molar refractivity (Wildman–Crippen MR) is 78.0 cm³/mol. The molecule has 4 nitrogen and oxygen atoms in total. The number of hydrogen-bond acceptors (Lipinski definition) is 3. The first kappa shape index (κ1) is 15.2. The number of nitrogens with zero attached hydrogens (tertiary/aromatic N) is 2. The average molecular weight is 290 g/mol. The van der Waals surface area contributed by atoms with E-state index in [2.05, 4.69) is 5.10 Å². The van der Waals surface area contributed by atoms with Crippen molar-refractivity contribution in [2.45, 2.75) is 33.1 Å². The number of esters is 1. The SMILES string of the molecule is CCc1nn(-c2ccccc2F)c(CC)c1CC(=O)OC. The molecule has 0 saturated carbocycles. The van der Waals surface area contributed by atoms with Gasteiger partial charge >= 0.3 is 5.97 Å². The number of halogens is 1. The minimum absolute atomic E-state index is 0.164. The highest BCUT2D eigenvalue weighted by atomic mass is 19.1. The van der Waals surface area contributed by atoms with E-state index in [0.29, 0.717) is 18.5 Å². The van der Waals surface area contributed by atoms with Crippen molar-refractivity contribution >= 4 is 5.97 Å². The van der Waals surface area contributed by atoms with Crippen LogP contribution in [0, 0.1) is 5.82 Å². The van der Waals surface area contributed by atoms with Crippen LogP contribution in [0.2, 0.25) is 0 Å². The number of para-hydroxylation sites is 1. The van der Waals surface area contributed by atoms with Gasteiger partial charge in [0.1, 0.15) is 11.5 Å². The summed E-state index contributed by atoms with van der Waals surface area (Å²) >= 11 is 0. The molecule has 112 valence electrons. The van der Waals surface area contributed by atoms with Crippen molar-refractivity contribution in [2.75, 3.05) is 7.11 Å². The highest BCUT2D eigenvalue weighted by molar-refractivity contribution is 5.73. The fourth-order valence-corrected chi connectivity index (χ4v) is 2.43. The largest absolute Gasteiger partial charge is 0.469 e. The van der Waals surface area contributed by atoms with Crippen molar-refractivity contribution in [1.82, 2.24) is 9.78 Å². The molecular weight excluding hydrogens is 271 g/mol. The number of aromatic nitrogens is 2. The Kier molecular flexibility index (Phi) is 4.73. The van der Waals surface area contributed by atoms with Gasteiger partial charge in [0.05, 0.1) is 19.2 Å². The quantitative estimate of drug-likeness (QED) is 0.795. The van der Waals surface area contributed by atoms with Crippen molar-refractivity contribution in [3.05, 3.63) is 47.0 Å². The van der Waals surface area contributed by atoms with Crippen molar-refractivity contribution < 1.29 is 13.9 Å². The van der Waals surface area contributed by atoms with Crippen LogP contribution in [0.4, 0.5) is 4.39 Å². The molecule has 0 atom stereocenters. The lowest BCUT2D eigenvalue weighted by atomic mass is 10.1. The van der Waals surface area contributed by atoms with E-state index in [4.69, 9.17) is 4.74 Å². The predicted octanol–water partition coefficient (Wildman–Crippen LogP) is 2.85. The third kappa shape index (κ3) is 2.96. The Hall–Kier alpha value is -2.17. The standard InChI is InChI=1S/C16H19FN2O2/c1-4-13-11(10-16(20)21-3)14(5-2)19(18-13)15-9-7-6-8-12(15)17/h6-9H,4-5,10H2,1-3H3. The molecule has 21 heavy (non-hydrogen) atoms. The van der Waals surface area contributed by atoms with E-state index >= 15 is 0 Å². The number of ether oxygens (including phenoxy) is 1. The van der Waals surface area contributed by atoms with Gasteiger partial charge in [0, 0.05) is 11.3 Å². The lowest BCUT2D eigenvalue weighted by Crippen LogP contribution is -2.09. The molecule has 0 spiro atoms. The first-order chi connectivity index (χ1) is 10.1. The van der Waals surface area contributed by atoms with Crippen molar-refractivity contribution in [3.63, 3.8) is 0 Å². The summed E-state index contributed by atoms with van der Waals surface area (Å²) in [5.41, 5.74) is 2.90. The minimum Gasteiger partial charge on any atom is -0.469 e. The van der Waals surface area contributed by atoms with Crippen LogP contribution in [0.3, 0.4) is 0 Å². The van der Waals surface area contributed by atoms with E-state index in [1.807, 2.05) is 13.8 Å². The number of aryl methyl sites for hydroxylation is 1. The first-order valence-corrected chi connectivity index (χ1v) is 7.03. The fourth-order valence-electron chi connectivity index (χ4n) is 2.43. The number of rotatable bonds is 5. The van der Waals surface area contributed by atoms with Gasteiger partial charge in [-0.15, -0.1) is 0 Å². The maximum absolute atomic E-state index is 14.0. The Bertz CT molecular complexity index is 650. The molecule has 0 bridgehead atoms. The molecule has 1 aromatic carbocycles. The Morgan fingerprint density at radius 1 is 1.29 bits per heavy atom. The molecule has 5 heteroatoms. The Labute approximate surface area is 123 Å². The highest BCUT2D eigenvalue weighted by Gasteiger charge is 2.20. The second-order valence-electron chi connectivity index (χ2n) is 4.70. The zero-order valence-corrected chi connectivity index (χ0v) is 12.5. The monoisotopic (exact) mass is 290 g/mol. The normalized spacial score (nSPS) is 10.7. The van der Waals surface area contributed by atoms with Gasteiger partial charge in [-0.1, -0.05) is 26.0 Å². The number of hydrogen-bond donors (Lipinski definition) is 0. The molecule has 2 aromatic rings. The van der Waals surface area contributed by atoms with E-state index in [-0.39, 0.29) is 18.2 Å². The van der Waals surface area contributed by atoms with E-state index in [1.54, 1.807) is 22.9 Å². The molecule has 0 aliphatic rings. The molecule has 1 aromatic heterocycles. The second kappa shape index (κ2) is 6.52. The summed E-state index contributed by atoms with van der Waals surface area (Å²) in [6, 6.07) is 6.50. The zero-order chi connectivity index (χ0) is 15.4. The van der Waals surface area contributed by atoms with Gasteiger partial charge in [0.25, 0.3) is 0 Å². The summed E-state index contributed by atoms with van der Waals surface area (Å²) in [5.74, 6) is -0.644. The van der Waals surface area contributed by atoms with Gasteiger partial charge in [-0.2, -0.15) is 5.10 Å². The van der Waals surface area contributed by atoms with Crippen LogP contribution in [0.5, 0.6) is 0 Å². The van der Waals surface area contributed by atoms with Crippen LogP contribution in [-0.4, -0.2) is 22.9 Å². The summed E-state index contributed by atoms with van der Waals surface area (Å²) in [5, 5.41) is 4.49. The maximum Gasteiger partial charge on any atom is 0.310 e. The van der Waals surface area contributed by atoms with Crippen LogP contribution < -0.4 is 0 Å². The lowest BCUT2D eigenvalue weighted by molar-refractivity contribution is -0.139. The summed E-state index contributed by atoms with van der Waals surface area (Å²) < 4.78 is 20.4. The van der Waals surface area contributed by atoms with Crippen molar-refractivity contribution in [2.24, 2.45) is 0 Å². The molecule has 0 aliphatic carbocycles. The number of benzene rings is 1. The van der Waals surface area contributed by atoms with E-state index < -0.39 is 0 Å². The van der Waals surface area contributed by atoms with Gasteiger partial charge in [-0.05, 0) is 25.0 Å². The Morgan fingerprint density at radius 3 is 2.57 bits per heavy atom. The van der Waals surface area contributed by atoms with Crippen LogP contribution in [0.25, 0.3) is 5.69 Å². The van der Waals surface area contributed by atoms with Gasteiger partial charge in [-0.3, -0.25) is 4.79 Å². The topological polar surface area (TPSA) is 44.1 Å². The van der Waals surface area contributed by atoms with Gasteiger partial charge in [0.2, 0.25) is 0 Å². The van der Waals surface area contributed by atoms with Crippen LogP contribution >= 0.6 is 0 Å². The number of methoxy groups -OCH3 is 1. The fraction of sp³-hybridized carbons (Fsp3) is 0.375. The van der Waals surface area contributed by atoms with Crippen molar-refractivity contribution in [3.8, 4) is 5.69 Å². The molecule has 1 heterocycles. The van der Waals surface area contributed by atoms with Crippen LogP contribution in [0.15, 0.2) is 24.3 Å². The molecular formula is C16H19FN2O2. The Morgan fingerprint density at radius 2 is 2.00 bits per heavy atom. The molecule has 0 radical (unpaired) electrons. The second-order valence-corrected chi connectivity index (χ2v) is 4.70. The Balaban J connectivity index is 2.58. The number of carbonyl (C=O) groups is 1. The molecule has 0 fully saturated rings. The van der Waals surface area contributed by atoms with Gasteiger partial charge < -0.3 is 4.74 Å². The maximum atomic E-state index is 14.0. The van der Waals surface area contributed by atoms with E-state index in [0.717, 1.165) is 17.0 Å². The molecule has 2 rings (SSSR count). The lowest BCUT2D eigenvalue weighted by Gasteiger charge is -2.08. The molecule has 0 unspecified atom stereocenters. The zero-order valence-electron chi connectivity index (χ0n) is 12.5. The van der Waals surface area contributed by atoms with Gasteiger partial charge in [0.15, 0.2) is 0 Å². The minimum atomic E-state index is -0.332. The number of carbonyl (C=O) groups excluding carboxylic acids is 1. The average Bonchev–Trinajstić information content (AvgIpc) is 2.84. The van der Waals surface area contributed by atoms with E-state index in [9.17, 15) is 9.18 Å². The third-order valence-corrected chi connectivity index (χ3v) is 3.47. The van der Waals surface area contributed by atoms with Crippen LogP contribution in [-0.2, 0) is 28.8 Å². The third-order valence-electron chi connectivity index (χ3n) is 3.47. The summed E-state index contributed by atoms with van der Waals surface area (Å²) in [7, 11) is 1.36. The van der Waals surface area contributed by atoms with Gasteiger partial charge in [-0.25, -0.2) is 9.07 Å². The van der Waals surface area contributed by atoms with Crippen molar-refractivity contribution in [1.29, 1.82) is 0 Å². The first-order valence-electron chi connectivity index (χ1n) is 7.03. The summed E-state index contributed by atoms with van der Waals surface area (Å²) in [6.07, 6.45) is 1.51.